The number of nitrogens with one attached hydrogen (secondary N) is 1. The fourth-order valence-electron chi connectivity index (χ4n) is 2.25. The van der Waals surface area contributed by atoms with Gasteiger partial charge in [-0.05, 0) is 58.1 Å². The number of nitrogens with zero attached hydrogens (tertiary/aromatic N) is 1. The second-order valence-electron chi connectivity index (χ2n) is 6.03. The third-order valence-electron chi connectivity index (χ3n) is 3.09. The molecule has 1 aromatic rings. The van der Waals surface area contributed by atoms with Crippen LogP contribution in [0.4, 0.5) is 0 Å². The number of halogens is 1. The van der Waals surface area contributed by atoms with E-state index in [0.29, 0.717) is 11.6 Å². The average molecular weight is 333 g/mol. The van der Waals surface area contributed by atoms with Gasteiger partial charge in [-0.15, -0.1) is 0 Å². The van der Waals surface area contributed by atoms with Gasteiger partial charge in [-0.25, -0.2) is 13.1 Å². The Kier molecular flexibility index (Phi) is 6.66. The normalized spacial score (nSPS) is 12.9. The molecule has 0 aliphatic carbocycles. The number of hydrogen-bond donors (Lipinski definition) is 1. The number of sulfonamides is 1. The van der Waals surface area contributed by atoms with Gasteiger partial charge in [0.05, 0.1) is 4.90 Å². The van der Waals surface area contributed by atoms with Crippen LogP contribution in [0.15, 0.2) is 29.2 Å². The van der Waals surface area contributed by atoms with Crippen molar-refractivity contribution < 1.29 is 8.42 Å². The van der Waals surface area contributed by atoms with E-state index in [4.69, 9.17) is 11.6 Å². The van der Waals surface area contributed by atoms with Crippen molar-refractivity contribution in [3.05, 3.63) is 29.3 Å². The van der Waals surface area contributed by atoms with Crippen LogP contribution in [0.1, 0.15) is 33.6 Å². The molecule has 0 heterocycles. The van der Waals surface area contributed by atoms with Crippen LogP contribution in [0, 0.1) is 0 Å². The van der Waals surface area contributed by atoms with Crippen molar-refractivity contribution in [3.8, 4) is 0 Å². The fourth-order valence-corrected chi connectivity index (χ4v) is 3.78. The summed E-state index contributed by atoms with van der Waals surface area (Å²) in [4.78, 5) is 2.38. The molecule has 4 nitrogen and oxygen atoms in total. The number of likely N-dealkylation sites (N-methyl/N-ethyl adjacent to an activating group) is 1. The number of benzene rings is 1. The third-order valence-corrected chi connectivity index (χ3v) is 5.06. The molecule has 0 aliphatic heterocycles. The molecule has 0 radical (unpaired) electrons. The Hall–Kier alpha value is -0.620. The molecule has 120 valence electrons. The molecule has 1 aromatic carbocycles. The smallest absolute Gasteiger partial charge is 0.241 e. The Labute approximate surface area is 133 Å². The Morgan fingerprint density at radius 3 is 2.33 bits per heavy atom. The van der Waals surface area contributed by atoms with E-state index < -0.39 is 15.6 Å². The van der Waals surface area contributed by atoms with Gasteiger partial charge >= 0.3 is 0 Å². The lowest BCUT2D eigenvalue weighted by atomic mass is 10.1. The van der Waals surface area contributed by atoms with Crippen molar-refractivity contribution in [2.75, 3.05) is 20.1 Å². The highest BCUT2D eigenvalue weighted by atomic mass is 35.5. The molecule has 0 aromatic heterocycles. The minimum atomic E-state index is -3.54. The van der Waals surface area contributed by atoms with Crippen molar-refractivity contribution in [1.29, 1.82) is 0 Å². The number of hydrogen-bond acceptors (Lipinski definition) is 3. The molecule has 0 unspecified atom stereocenters. The topological polar surface area (TPSA) is 49.4 Å². The molecule has 0 spiro atoms. The monoisotopic (exact) mass is 332 g/mol. The molecule has 0 amide bonds. The molecular weight excluding hydrogens is 308 g/mol. The lowest BCUT2D eigenvalue weighted by molar-refractivity contribution is 0.253. The summed E-state index contributed by atoms with van der Waals surface area (Å²) in [5.74, 6) is 0. The molecule has 1 N–H and O–H groups in total. The van der Waals surface area contributed by atoms with Crippen molar-refractivity contribution >= 4 is 21.6 Å². The fraction of sp³-hybridized carbons (Fsp3) is 0.600. The zero-order valence-electron chi connectivity index (χ0n) is 13.2. The Morgan fingerprint density at radius 2 is 1.81 bits per heavy atom. The summed E-state index contributed by atoms with van der Waals surface area (Å²) in [6.07, 6.45) is 2.23. The molecule has 1 rings (SSSR count). The van der Waals surface area contributed by atoms with Gasteiger partial charge in [0, 0.05) is 17.1 Å². The summed E-state index contributed by atoms with van der Waals surface area (Å²) in [7, 11) is -1.53. The van der Waals surface area contributed by atoms with E-state index in [2.05, 4.69) is 16.5 Å². The quantitative estimate of drug-likeness (QED) is 0.795. The highest BCUT2D eigenvalue weighted by molar-refractivity contribution is 7.89. The van der Waals surface area contributed by atoms with E-state index in [-0.39, 0.29) is 4.90 Å². The van der Waals surface area contributed by atoms with Gasteiger partial charge in [0.25, 0.3) is 0 Å². The van der Waals surface area contributed by atoms with E-state index in [9.17, 15) is 8.42 Å². The first kappa shape index (κ1) is 18.4. The predicted octanol–water partition coefficient (Wildman–Crippen LogP) is 3.13. The molecule has 0 aliphatic rings. The molecule has 0 saturated carbocycles. The summed E-state index contributed by atoms with van der Waals surface area (Å²) in [6.45, 7) is 7.54. The molecule has 0 atom stereocenters. The molecule has 0 bridgehead atoms. The summed E-state index contributed by atoms with van der Waals surface area (Å²) in [6, 6.07) is 6.19. The van der Waals surface area contributed by atoms with Crippen molar-refractivity contribution in [3.63, 3.8) is 0 Å². The van der Waals surface area contributed by atoms with Crippen LogP contribution in [0.2, 0.25) is 5.02 Å². The third kappa shape index (κ3) is 6.34. The predicted molar refractivity (Wildman–Crippen MR) is 88.3 cm³/mol. The minimum absolute atomic E-state index is 0.233. The van der Waals surface area contributed by atoms with Gasteiger partial charge < -0.3 is 4.90 Å². The number of unbranched alkanes of at least 4 members (excludes halogenated alkanes) is 1. The summed E-state index contributed by atoms with van der Waals surface area (Å²) in [5, 5.41) is 0.521. The van der Waals surface area contributed by atoms with Crippen LogP contribution in [-0.2, 0) is 10.0 Å². The maximum Gasteiger partial charge on any atom is 0.241 e. The van der Waals surface area contributed by atoms with Crippen LogP contribution < -0.4 is 4.72 Å². The average Bonchev–Trinajstić information content (AvgIpc) is 2.34. The lowest BCUT2D eigenvalue weighted by Gasteiger charge is -2.31. The largest absolute Gasteiger partial charge is 0.305 e. The first-order valence-electron chi connectivity index (χ1n) is 7.14. The van der Waals surface area contributed by atoms with E-state index in [0.717, 1.165) is 19.4 Å². The highest BCUT2D eigenvalue weighted by Gasteiger charge is 2.27. The Morgan fingerprint density at radius 1 is 1.24 bits per heavy atom. The zero-order chi connectivity index (χ0) is 16.1. The standard InChI is InChI=1S/C15H25ClN2O2S/c1-5-6-11-18(4)12-15(2,3)17-21(19,20)14-9-7-13(16)8-10-14/h7-10,17H,5-6,11-12H2,1-4H3. The van der Waals surface area contributed by atoms with Crippen molar-refractivity contribution in [2.45, 2.75) is 44.0 Å². The maximum atomic E-state index is 12.4. The van der Waals surface area contributed by atoms with Crippen molar-refractivity contribution in [1.82, 2.24) is 9.62 Å². The van der Waals surface area contributed by atoms with Crippen molar-refractivity contribution in [2.24, 2.45) is 0 Å². The van der Waals surface area contributed by atoms with Gasteiger partial charge in [0.2, 0.25) is 10.0 Å². The second kappa shape index (κ2) is 7.58. The van der Waals surface area contributed by atoms with Crippen LogP contribution in [-0.4, -0.2) is 39.0 Å². The van der Waals surface area contributed by atoms with Gasteiger partial charge in [0.15, 0.2) is 0 Å². The maximum absolute atomic E-state index is 12.4. The van der Waals surface area contributed by atoms with Gasteiger partial charge in [-0.1, -0.05) is 24.9 Å². The molecular formula is C15H25ClN2O2S. The van der Waals surface area contributed by atoms with Gasteiger partial charge in [0.1, 0.15) is 0 Å². The van der Waals surface area contributed by atoms with Crippen LogP contribution in [0.5, 0.6) is 0 Å². The summed E-state index contributed by atoms with van der Waals surface area (Å²) < 4.78 is 27.5. The van der Waals surface area contributed by atoms with Crippen LogP contribution >= 0.6 is 11.6 Å². The van der Waals surface area contributed by atoms with E-state index in [1.54, 1.807) is 12.1 Å². The van der Waals surface area contributed by atoms with E-state index in [1.165, 1.54) is 12.1 Å². The highest BCUT2D eigenvalue weighted by Crippen LogP contribution is 2.17. The summed E-state index contributed by atoms with van der Waals surface area (Å²) >= 11 is 5.79. The zero-order valence-corrected chi connectivity index (χ0v) is 14.8. The first-order chi connectivity index (χ1) is 9.66. The summed E-state index contributed by atoms with van der Waals surface area (Å²) in [5.41, 5.74) is -0.541. The molecule has 0 saturated heterocycles. The van der Waals surface area contributed by atoms with E-state index in [1.807, 2.05) is 20.9 Å². The van der Waals surface area contributed by atoms with Crippen LogP contribution in [0.3, 0.4) is 0 Å². The lowest BCUT2D eigenvalue weighted by Crippen LogP contribution is -2.50. The number of rotatable bonds is 8. The molecule has 0 fully saturated rings. The first-order valence-corrected chi connectivity index (χ1v) is 9.00. The SMILES string of the molecule is CCCCN(C)CC(C)(C)NS(=O)(=O)c1ccc(Cl)cc1. The Balaban J connectivity index is 2.74. The Bertz CT molecular complexity index is 541. The van der Waals surface area contributed by atoms with Crippen LogP contribution in [0.25, 0.3) is 0 Å². The molecule has 21 heavy (non-hydrogen) atoms. The second-order valence-corrected chi connectivity index (χ2v) is 8.15. The molecule has 6 heteroatoms. The van der Waals surface area contributed by atoms with Gasteiger partial charge in [-0.2, -0.15) is 0 Å². The van der Waals surface area contributed by atoms with E-state index >= 15 is 0 Å². The van der Waals surface area contributed by atoms with Gasteiger partial charge in [-0.3, -0.25) is 0 Å². The minimum Gasteiger partial charge on any atom is -0.305 e.